The number of nitrogens with two attached hydrogens (primary N) is 1. The second-order valence-electron chi connectivity index (χ2n) is 4.19. The van der Waals surface area contributed by atoms with Crippen molar-refractivity contribution in [1.29, 1.82) is 0 Å². The molecule has 0 bridgehead atoms. The van der Waals surface area contributed by atoms with Crippen molar-refractivity contribution in [2.45, 2.75) is 26.4 Å². The van der Waals surface area contributed by atoms with Gasteiger partial charge in [-0.1, -0.05) is 13.8 Å². The molecule has 0 aliphatic carbocycles. The summed E-state index contributed by atoms with van der Waals surface area (Å²) in [6.45, 7) is 4.26. The monoisotopic (exact) mass is 237 g/mol. The number of pyridine rings is 1. The van der Waals surface area contributed by atoms with Gasteiger partial charge in [0.2, 0.25) is 11.8 Å². The zero-order valence-corrected chi connectivity index (χ0v) is 10.4. The lowest BCUT2D eigenvalue weighted by molar-refractivity contribution is -0.123. The van der Waals surface area contributed by atoms with Crippen LogP contribution in [-0.4, -0.2) is 24.0 Å². The number of nitrogens with zero attached hydrogens (tertiary/aromatic N) is 1. The van der Waals surface area contributed by atoms with Crippen LogP contribution in [-0.2, 0) is 11.3 Å². The molecule has 0 aliphatic rings. The van der Waals surface area contributed by atoms with Crippen LogP contribution in [0.2, 0.25) is 0 Å². The Kier molecular flexibility index (Phi) is 4.90. The van der Waals surface area contributed by atoms with Gasteiger partial charge in [0.05, 0.1) is 13.2 Å². The first-order valence-corrected chi connectivity index (χ1v) is 5.56. The van der Waals surface area contributed by atoms with Gasteiger partial charge in [-0.3, -0.25) is 4.79 Å². The maximum Gasteiger partial charge on any atom is 0.237 e. The molecule has 1 heterocycles. The minimum atomic E-state index is -0.473. The average Bonchev–Trinajstić information content (AvgIpc) is 2.35. The van der Waals surface area contributed by atoms with Crippen LogP contribution in [0.25, 0.3) is 0 Å². The molecular formula is C12H19N3O2. The fraction of sp³-hybridized carbons (Fsp3) is 0.500. The second-order valence-corrected chi connectivity index (χ2v) is 4.19. The molecule has 17 heavy (non-hydrogen) atoms. The van der Waals surface area contributed by atoms with Gasteiger partial charge in [0.1, 0.15) is 0 Å². The van der Waals surface area contributed by atoms with Crippen molar-refractivity contribution in [3.63, 3.8) is 0 Å². The molecule has 94 valence electrons. The molecule has 1 aromatic heterocycles. The van der Waals surface area contributed by atoms with E-state index in [9.17, 15) is 4.79 Å². The Hall–Kier alpha value is -1.62. The number of methoxy groups -OCH3 is 1. The Balaban J connectivity index is 2.52. The predicted molar refractivity (Wildman–Crippen MR) is 65.4 cm³/mol. The van der Waals surface area contributed by atoms with Crippen LogP contribution in [0.4, 0.5) is 0 Å². The van der Waals surface area contributed by atoms with Gasteiger partial charge >= 0.3 is 0 Å². The molecule has 0 saturated heterocycles. The molecule has 1 rings (SSSR count). The SMILES string of the molecule is COc1cc(CNC(=O)[C@@H](N)C(C)C)ccn1. The van der Waals surface area contributed by atoms with E-state index in [0.29, 0.717) is 12.4 Å². The fourth-order valence-electron chi connectivity index (χ4n) is 1.28. The van der Waals surface area contributed by atoms with Crippen LogP contribution >= 0.6 is 0 Å². The summed E-state index contributed by atoms with van der Waals surface area (Å²) in [5, 5.41) is 2.78. The van der Waals surface area contributed by atoms with E-state index < -0.39 is 6.04 Å². The van der Waals surface area contributed by atoms with Gasteiger partial charge in [-0.15, -0.1) is 0 Å². The first-order chi connectivity index (χ1) is 8.04. The highest BCUT2D eigenvalue weighted by molar-refractivity contribution is 5.81. The summed E-state index contributed by atoms with van der Waals surface area (Å²) in [5.41, 5.74) is 6.66. The summed E-state index contributed by atoms with van der Waals surface area (Å²) in [6.07, 6.45) is 1.64. The fourth-order valence-corrected chi connectivity index (χ4v) is 1.28. The highest BCUT2D eigenvalue weighted by atomic mass is 16.5. The topological polar surface area (TPSA) is 77.2 Å². The van der Waals surface area contributed by atoms with Crippen molar-refractivity contribution in [2.75, 3.05) is 7.11 Å². The lowest BCUT2D eigenvalue weighted by Crippen LogP contribution is -2.43. The van der Waals surface area contributed by atoms with Crippen LogP contribution < -0.4 is 15.8 Å². The number of carbonyl (C=O) groups is 1. The van der Waals surface area contributed by atoms with Crippen molar-refractivity contribution >= 4 is 5.91 Å². The highest BCUT2D eigenvalue weighted by Crippen LogP contribution is 2.08. The van der Waals surface area contributed by atoms with Crippen molar-refractivity contribution in [3.05, 3.63) is 23.9 Å². The minimum Gasteiger partial charge on any atom is -0.481 e. The lowest BCUT2D eigenvalue weighted by Gasteiger charge is -2.15. The maximum atomic E-state index is 11.6. The van der Waals surface area contributed by atoms with Crippen LogP contribution in [0.1, 0.15) is 19.4 Å². The summed E-state index contributed by atoms with van der Waals surface area (Å²) < 4.78 is 5.00. The summed E-state index contributed by atoms with van der Waals surface area (Å²) in [7, 11) is 1.55. The number of hydrogen-bond donors (Lipinski definition) is 2. The third kappa shape index (κ3) is 4.03. The average molecular weight is 237 g/mol. The zero-order valence-electron chi connectivity index (χ0n) is 10.4. The lowest BCUT2D eigenvalue weighted by atomic mass is 10.1. The molecule has 0 fully saturated rings. The predicted octanol–water partition coefficient (Wildman–Crippen LogP) is 0.690. The van der Waals surface area contributed by atoms with E-state index >= 15 is 0 Å². The Morgan fingerprint density at radius 1 is 1.59 bits per heavy atom. The Labute approximate surface area is 101 Å². The summed E-state index contributed by atoms with van der Waals surface area (Å²) >= 11 is 0. The third-order valence-corrected chi connectivity index (χ3v) is 2.50. The van der Waals surface area contributed by atoms with Gasteiger partial charge in [-0.2, -0.15) is 0 Å². The number of nitrogens with one attached hydrogen (secondary N) is 1. The van der Waals surface area contributed by atoms with E-state index in [1.165, 1.54) is 0 Å². The minimum absolute atomic E-state index is 0.127. The van der Waals surface area contributed by atoms with Crippen LogP contribution in [0.15, 0.2) is 18.3 Å². The van der Waals surface area contributed by atoms with Gasteiger partial charge in [0.25, 0.3) is 0 Å². The van der Waals surface area contributed by atoms with E-state index in [0.717, 1.165) is 5.56 Å². The number of hydrogen-bond acceptors (Lipinski definition) is 4. The van der Waals surface area contributed by atoms with E-state index in [4.69, 9.17) is 10.5 Å². The molecule has 5 nitrogen and oxygen atoms in total. The molecule has 0 radical (unpaired) electrons. The van der Waals surface area contributed by atoms with Crippen LogP contribution in [0.5, 0.6) is 5.88 Å². The quantitative estimate of drug-likeness (QED) is 0.790. The van der Waals surface area contributed by atoms with E-state index in [1.54, 1.807) is 19.4 Å². The summed E-state index contributed by atoms with van der Waals surface area (Å²) in [4.78, 5) is 15.6. The molecule has 0 saturated carbocycles. The Bertz CT molecular complexity index is 380. The van der Waals surface area contributed by atoms with Crippen molar-refractivity contribution in [3.8, 4) is 5.88 Å². The third-order valence-electron chi connectivity index (χ3n) is 2.50. The molecule has 1 amide bonds. The number of rotatable bonds is 5. The maximum absolute atomic E-state index is 11.6. The Morgan fingerprint density at radius 3 is 2.88 bits per heavy atom. The molecular weight excluding hydrogens is 218 g/mol. The molecule has 0 unspecified atom stereocenters. The largest absolute Gasteiger partial charge is 0.481 e. The van der Waals surface area contributed by atoms with Gasteiger partial charge in [0.15, 0.2) is 0 Å². The van der Waals surface area contributed by atoms with Crippen molar-refractivity contribution in [2.24, 2.45) is 11.7 Å². The number of aromatic nitrogens is 1. The van der Waals surface area contributed by atoms with Crippen molar-refractivity contribution in [1.82, 2.24) is 10.3 Å². The molecule has 0 spiro atoms. The van der Waals surface area contributed by atoms with Crippen LogP contribution in [0, 0.1) is 5.92 Å². The molecule has 1 atom stereocenters. The first kappa shape index (κ1) is 13.4. The van der Waals surface area contributed by atoms with E-state index in [-0.39, 0.29) is 11.8 Å². The van der Waals surface area contributed by atoms with E-state index in [1.807, 2.05) is 19.9 Å². The van der Waals surface area contributed by atoms with Crippen LogP contribution in [0.3, 0.4) is 0 Å². The molecule has 3 N–H and O–H groups in total. The molecule has 0 aliphatic heterocycles. The number of ether oxygens (including phenoxy) is 1. The van der Waals surface area contributed by atoms with E-state index in [2.05, 4.69) is 10.3 Å². The van der Waals surface area contributed by atoms with Crippen molar-refractivity contribution < 1.29 is 9.53 Å². The normalized spacial score (nSPS) is 12.3. The zero-order chi connectivity index (χ0) is 12.8. The Morgan fingerprint density at radius 2 is 2.29 bits per heavy atom. The smallest absolute Gasteiger partial charge is 0.237 e. The van der Waals surface area contributed by atoms with Gasteiger partial charge in [0, 0.05) is 18.8 Å². The first-order valence-electron chi connectivity index (χ1n) is 5.56. The van der Waals surface area contributed by atoms with Gasteiger partial charge in [-0.05, 0) is 17.5 Å². The standard InChI is InChI=1S/C12H19N3O2/c1-8(2)11(13)12(16)15-7-9-4-5-14-10(6-9)17-3/h4-6,8,11H,7,13H2,1-3H3,(H,15,16)/t11-/m0/s1. The number of carbonyl (C=O) groups excluding carboxylic acids is 1. The summed E-state index contributed by atoms with van der Waals surface area (Å²) in [6, 6.07) is 3.13. The molecule has 5 heteroatoms. The second kappa shape index (κ2) is 6.20. The number of amides is 1. The summed E-state index contributed by atoms with van der Waals surface area (Å²) in [5.74, 6) is 0.516. The molecule has 1 aromatic rings. The van der Waals surface area contributed by atoms with Gasteiger partial charge < -0.3 is 15.8 Å². The molecule has 0 aromatic carbocycles. The highest BCUT2D eigenvalue weighted by Gasteiger charge is 2.16. The van der Waals surface area contributed by atoms with Gasteiger partial charge in [-0.25, -0.2) is 4.98 Å².